The Bertz CT molecular complexity index is 1200. The first-order chi connectivity index (χ1) is 17.4. The molecule has 0 fully saturated rings. The molecule has 0 radical (unpaired) electrons. The minimum Gasteiger partial charge on any atom is -0.489 e. The third-order valence-corrected chi connectivity index (χ3v) is 5.88. The molecule has 3 rings (SSSR count). The zero-order valence-corrected chi connectivity index (χ0v) is 22.6. The summed E-state index contributed by atoms with van der Waals surface area (Å²) in [5, 5.41) is 12.6. The van der Waals surface area contributed by atoms with Gasteiger partial charge in [-0.1, -0.05) is 95.2 Å². The first kappa shape index (κ1) is 27.8. The molecule has 6 heteroatoms. The normalized spacial score (nSPS) is 11.9. The van der Waals surface area contributed by atoms with E-state index in [4.69, 9.17) is 19.4 Å². The molecule has 0 atom stereocenters. The number of carbonyl (C=O) groups is 1. The minimum absolute atomic E-state index is 0.0867. The first-order valence-electron chi connectivity index (χ1n) is 12.4. The molecule has 0 spiro atoms. The summed E-state index contributed by atoms with van der Waals surface area (Å²) >= 11 is 0. The average Bonchev–Trinajstić information content (AvgIpc) is 2.84. The fraction of sp³-hybridized carbons (Fsp3) is 0.355. The van der Waals surface area contributed by atoms with E-state index in [1.807, 2.05) is 12.1 Å². The van der Waals surface area contributed by atoms with Crippen molar-refractivity contribution in [3.8, 4) is 11.5 Å². The number of aliphatic carboxylic acids is 1. The second kappa shape index (κ2) is 12.0. The molecule has 6 nitrogen and oxygen atoms in total. The maximum atomic E-state index is 10.7. The SMILES string of the molecule is CC(C)(C)c1ccc(COc2ccc(OCc3ccc(C(C)(C)C)cc3)c(C=NOCC(=O)O)c2)cc1. The Morgan fingerprint density at radius 2 is 1.30 bits per heavy atom. The molecule has 0 aliphatic carbocycles. The van der Waals surface area contributed by atoms with Gasteiger partial charge in [-0.05, 0) is 51.3 Å². The number of rotatable bonds is 10. The summed E-state index contributed by atoms with van der Waals surface area (Å²) in [5.74, 6) is 0.132. The van der Waals surface area contributed by atoms with E-state index in [0.717, 1.165) is 11.1 Å². The van der Waals surface area contributed by atoms with Crippen molar-refractivity contribution in [1.29, 1.82) is 0 Å². The van der Waals surface area contributed by atoms with Gasteiger partial charge in [-0.3, -0.25) is 0 Å². The van der Waals surface area contributed by atoms with Crippen molar-refractivity contribution in [3.05, 3.63) is 94.5 Å². The summed E-state index contributed by atoms with van der Waals surface area (Å²) < 4.78 is 12.1. The van der Waals surface area contributed by atoms with Crippen LogP contribution in [-0.2, 0) is 33.7 Å². The molecule has 3 aromatic rings. The maximum Gasteiger partial charge on any atom is 0.344 e. The highest BCUT2D eigenvalue weighted by Gasteiger charge is 2.14. The van der Waals surface area contributed by atoms with Gasteiger partial charge in [0.15, 0.2) is 0 Å². The highest BCUT2D eigenvalue weighted by atomic mass is 16.6. The topological polar surface area (TPSA) is 77.3 Å². The first-order valence-corrected chi connectivity index (χ1v) is 12.4. The standard InChI is InChI=1S/C31H37NO5/c1-30(2,3)25-11-7-22(8-12-25)19-35-27-15-16-28(24(17-27)18-32-37-21-29(33)34)36-20-23-9-13-26(14-10-23)31(4,5)6/h7-18H,19-21H2,1-6H3,(H,33,34). The van der Waals surface area contributed by atoms with E-state index in [1.165, 1.54) is 17.3 Å². The third-order valence-electron chi connectivity index (χ3n) is 5.88. The Hall–Kier alpha value is -3.80. The number of oxime groups is 1. The van der Waals surface area contributed by atoms with Crippen molar-refractivity contribution >= 4 is 12.2 Å². The maximum absolute atomic E-state index is 10.7. The molecule has 1 N–H and O–H groups in total. The molecule has 37 heavy (non-hydrogen) atoms. The largest absolute Gasteiger partial charge is 0.489 e. The molecule has 3 aromatic carbocycles. The van der Waals surface area contributed by atoms with Crippen molar-refractivity contribution in [2.24, 2.45) is 5.16 Å². The smallest absolute Gasteiger partial charge is 0.344 e. The molecule has 0 heterocycles. The number of ether oxygens (including phenoxy) is 2. The second-order valence-corrected chi connectivity index (χ2v) is 11.1. The van der Waals surface area contributed by atoms with E-state index < -0.39 is 12.6 Å². The zero-order valence-electron chi connectivity index (χ0n) is 22.6. The summed E-state index contributed by atoms with van der Waals surface area (Å²) in [6.45, 7) is 13.4. The lowest BCUT2D eigenvalue weighted by Crippen LogP contribution is -2.11. The van der Waals surface area contributed by atoms with Crippen LogP contribution in [0.15, 0.2) is 71.9 Å². The molecule has 0 aromatic heterocycles. The molecule has 0 unspecified atom stereocenters. The van der Waals surface area contributed by atoms with Crippen LogP contribution in [0, 0.1) is 0 Å². The molecule has 196 valence electrons. The lowest BCUT2D eigenvalue weighted by Gasteiger charge is -2.19. The van der Waals surface area contributed by atoms with Crippen LogP contribution in [-0.4, -0.2) is 23.9 Å². The molecule has 0 amide bonds. The van der Waals surface area contributed by atoms with Crippen LogP contribution in [0.2, 0.25) is 0 Å². The Kier molecular flexibility index (Phi) is 8.98. The monoisotopic (exact) mass is 503 g/mol. The fourth-order valence-electron chi connectivity index (χ4n) is 3.56. The fourth-order valence-corrected chi connectivity index (χ4v) is 3.56. The highest BCUT2D eigenvalue weighted by Crippen LogP contribution is 2.27. The Morgan fingerprint density at radius 1 is 0.784 bits per heavy atom. The molecular weight excluding hydrogens is 466 g/mol. The number of hydrogen-bond acceptors (Lipinski definition) is 5. The highest BCUT2D eigenvalue weighted by molar-refractivity contribution is 5.84. The van der Waals surface area contributed by atoms with Gasteiger partial charge in [0.05, 0.1) is 6.21 Å². The van der Waals surface area contributed by atoms with Gasteiger partial charge >= 0.3 is 5.97 Å². The van der Waals surface area contributed by atoms with Gasteiger partial charge in [-0.15, -0.1) is 0 Å². The van der Waals surface area contributed by atoms with Crippen LogP contribution in [0.3, 0.4) is 0 Å². The predicted molar refractivity (Wildman–Crippen MR) is 147 cm³/mol. The van der Waals surface area contributed by atoms with Crippen LogP contribution in [0.25, 0.3) is 0 Å². The average molecular weight is 504 g/mol. The van der Waals surface area contributed by atoms with E-state index in [0.29, 0.717) is 30.3 Å². The van der Waals surface area contributed by atoms with Gasteiger partial charge in [0.2, 0.25) is 6.61 Å². The van der Waals surface area contributed by atoms with Gasteiger partial charge in [0.1, 0.15) is 24.7 Å². The second-order valence-electron chi connectivity index (χ2n) is 11.1. The van der Waals surface area contributed by atoms with Crippen LogP contribution < -0.4 is 9.47 Å². The number of nitrogens with zero attached hydrogens (tertiary/aromatic N) is 1. The lowest BCUT2D eigenvalue weighted by molar-refractivity contribution is -0.142. The van der Waals surface area contributed by atoms with Crippen LogP contribution >= 0.6 is 0 Å². The van der Waals surface area contributed by atoms with Crippen LogP contribution in [0.1, 0.15) is 69.4 Å². The molecule has 0 aliphatic rings. The number of carboxylic acids is 1. The summed E-state index contributed by atoms with van der Waals surface area (Å²) in [5.41, 5.74) is 5.44. The van der Waals surface area contributed by atoms with Gasteiger partial charge in [-0.25, -0.2) is 4.79 Å². The molecular formula is C31H37NO5. The minimum atomic E-state index is -1.10. The van der Waals surface area contributed by atoms with Gasteiger partial charge in [0.25, 0.3) is 0 Å². The Balaban J connectivity index is 1.71. The summed E-state index contributed by atoms with van der Waals surface area (Å²) in [6, 6.07) is 22.2. The zero-order chi connectivity index (χ0) is 27.1. The number of carboxylic acid groups (broad SMARTS) is 1. The van der Waals surface area contributed by atoms with Gasteiger partial charge < -0.3 is 19.4 Å². The van der Waals surface area contributed by atoms with E-state index in [2.05, 4.69) is 95.2 Å². The van der Waals surface area contributed by atoms with Crippen LogP contribution in [0.5, 0.6) is 11.5 Å². The van der Waals surface area contributed by atoms with Crippen molar-refractivity contribution in [3.63, 3.8) is 0 Å². The lowest BCUT2D eigenvalue weighted by atomic mass is 9.87. The summed E-state index contributed by atoms with van der Waals surface area (Å²) in [7, 11) is 0. The summed E-state index contributed by atoms with van der Waals surface area (Å²) in [4.78, 5) is 15.6. The Labute approximate surface area is 219 Å². The molecule has 0 saturated carbocycles. The quantitative estimate of drug-likeness (QED) is 0.241. The summed E-state index contributed by atoms with van der Waals surface area (Å²) in [6.07, 6.45) is 1.44. The van der Waals surface area contributed by atoms with Crippen molar-refractivity contribution in [1.82, 2.24) is 0 Å². The van der Waals surface area contributed by atoms with Gasteiger partial charge in [-0.2, -0.15) is 0 Å². The van der Waals surface area contributed by atoms with E-state index in [9.17, 15) is 4.79 Å². The van der Waals surface area contributed by atoms with Crippen LogP contribution in [0.4, 0.5) is 0 Å². The van der Waals surface area contributed by atoms with E-state index in [1.54, 1.807) is 6.07 Å². The van der Waals surface area contributed by atoms with Crippen molar-refractivity contribution in [2.45, 2.75) is 65.6 Å². The molecule has 0 saturated heterocycles. The number of benzene rings is 3. The molecule has 0 aliphatic heterocycles. The predicted octanol–water partition coefficient (Wildman–Crippen LogP) is 6.87. The van der Waals surface area contributed by atoms with Crippen molar-refractivity contribution in [2.75, 3.05) is 6.61 Å². The Morgan fingerprint density at radius 3 is 1.78 bits per heavy atom. The van der Waals surface area contributed by atoms with Crippen molar-refractivity contribution < 1.29 is 24.2 Å². The van der Waals surface area contributed by atoms with E-state index >= 15 is 0 Å². The third kappa shape index (κ3) is 8.67. The molecule has 0 bridgehead atoms. The number of hydrogen-bond donors (Lipinski definition) is 1. The van der Waals surface area contributed by atoms with Gasteiger partial charge in [0, 0.05) is 5.56 Å². The van der Waals surface area contributed by atoms with E-state index in [-0.39, 0.29) is 10.8 Å².